The van der Waals surface area contributed by atoms with Gasteiger partial charge in [-0.15, -0.1) is 0 Å². The summed E-state index contributed by atoms with van der Waals surface area (Å²) in [6, 6.07) is 0. The van der Waals surface area contributed by atoms with E-state index in [2.05, 4.69) is 19.2 Å². The summed E-state index contributed by atoms with van der Waals surface area (Å²) < 4.78 is 0. The van der Waals surface area contributed by atoms with Crippen molar-refractivity contribution in [3.05, 3.63) is 0 Å². The highest BCUT2D eigenvalue weighted by Crippen LogP contribution is 2.13. The number of nitrogens with one attached hydrogen (secondary N) is 1. The van der Waals surface area contributed by atoms with E-state index < -0.39 is 0 Å². The lowest BCUT2D eigenvalue weighted by Gasteiger charge is -2.15. The van der Waals surface area contributed by atoms with Crippen LogP contribution in [0.15, 0.2) is 0 Å². The average molecular weight is 442 g/mol. The van der Waals surface area contributed by atoms with E-state index in [0.29, 0.717) is 13.1 Å². The first kappa shape index (κ1) is 30.9. The first-order valence-electron chi connectivity index (χ1n) is 14.3. The molecule has 0 amide bonds. The van der Waals surface area contributed by atoms with Crippen molar-refractivity contribution < 1.29 is 10.2 Å². The van der Waals surface area contributed by atoms with Gasteiger partial charge in [-0.3, -0.25) is 0 Å². The molecule has 0 saturated carbocycles. The molecule has 0 saturated heterocycles. The van der Waals surface area contributed by atoms with Crippen molar-refractivity contribution in [2.75, 3.05) is 13.1 Å². The Morgan fingerprint density at radius 1 is 0.419 bits per heavy atom. The van der Waals surface area contributed by atoms with Crippen molar-refractivity contribution >= 4 is 0 Å². The zero-order valence-electron chi connectivity index (χ0n) is 21.5. The van der Waals surface area contributed by atoms with E-state index in [4.69, 9.17) is 0 Å². The molecule has 0 radical (unpaired) electrons. The molecule has 0 aromatic heterocycles. The zero-order valence-corrected chi connectivity index (χ0v) is 21.5. The lowest BCUT2D eigenvalue weighted by Crippen LogP contribution is -2.33. The van der Waals surface area contributed by atoms with E-state index in [1.807, 2.05) is 0 Å². The second kappa shape index (κ2) is 26.1. The monoisotopic (exact) mass is 441 g/mol. The van der Waals surface area contributed by atoms with Crippen LogP contribution in [0.4, 0.5) is 0 Å². The van der Waals surface area contributed by atoms with Gasteiger partial charge in [0.1, 0.15) is 0 Å². The molecule has 0 aliphatic heterocycles. The van der Waals surface area contributed by atoms with Gasteiger partial charge in [-0.2, -0.15) is 0 Å². The summed E-state index contributed by atoms with van der Waals surface area (Å²) >= 11 is 0. The Kier molecular flexibility index (Phi) is 26.0. The average Bonchev–Trinajstić information content (AvgIpc) is 2.76. The normalized spacial score (nSPS) is 13.5. The fourth-order valence-corrected chi connectivity index (χ4v) is 4.36. The Balaban J connectivity index is 3.28. The molecule has 0 heterocycles. The minimum absolute atomic E-state index is 0.265. The zero-order chi connectivity index (χ0) is 22.8. The Morgan fingerprint density at radius 2 is 0.677 bits per heavy atom. The highest BCUT2D eigenvalue weighted by atomic mass is 16.3. The molecular formula is C28H59NO2. The molecule has 0 aromatic rings. The van der Waals surface area contributed by atoms with E-state index in [0.717, 1.165) is 25.7 Å². The van der Waals surface area contributed by atoms with E-state index in [1.165, 1.54) is 116 Å². The maximum absolute atomic E-state index is 10.1. The molecular weight excluding hydrogens is 382 g/mol. The summed E-state index contributed by atoms with van der Waals surface area (Å²) in [6.45, 7) is 5.77. The Hall–Kier alpha value is -0.120. The van der Waals surface area contributed by atoms with E-state index >= 15 is 0 Å². The first-order chi connectivity index (χ1) is 15.2. The van der Waals surface area contributed by atoms with Crippen LogP contribution in [0.2, 0.25) is 0 Å². The van der Waals surface area contributed by atoms with E-state index in [1.54, 1.807) is 0 Å². The number of aliphatic hydroxyl groups is 2. The molecule has 2 unspecified atom stereocenters. The van der Waals surface area contributed by atoms with Crippen molar-refractivity contribution in [2.24, 2.45) is 0 Å². The van der Waals surface area contributed by atoms with Crippen LogP contribution in [0, 0.1) is 0 Å². The van der Waals surface area contributed by atoms with Crippen molar-refractivity contribution in [1.82, 2.24) is 5.32 Å². The van der Waals surface area contributed by atoms with Gasteiger partial charge in [0.15, 0.2) is 0 Å². The summed E-state index contributed by atoms with van der Waals surface area (Å²) in [4.78, 5) is 0. The quantitative estimate of drug-likeness (QED) is 0.119. The molecule has 0 rings (SSSR count). The number of hydrogen-bond donors (Lipinski definition) is 3. The standard InChI is InChI=1S/C28H59NO2/c1-3-5-7-9-11-13-15-17-19-21-23-27(30)25-29-26-28(31)24-22-20-18-16-14-12-10-8-6-4-2/h27-31H,3-26H2,1-2H3. The summed E-state index contributed by atoms with van der Waals surface area (Å²) in [5.74, 6) is 0. The largest absolute Gasteiger partial charge is 0.392 e. The number of unbranched alkanes of at least 4 members (excludes halogenated alkanes) is 18. The fourth-order valence-electron chi connectivity index (χ4n) is 4.36. The summed E-state index contributed by atoms with van der Waals surface area (Å²) in [6.07, 6.45) is 27.9. The van der Waals surface area contributed by atoms with Gasteiger partial charge in [-0.1, -0.05) is 142 Å². The van der Waals surface area contributed by atoms with Gasteiger partial charge in [0.2, 0.25) is 0 Å². The first-order valence-corrected chi connectivity index (χ1v) is 14.3. The number of rotatable bonds is 26. The molecule has 0 bridgehead atoms. The molecule has 0 spiro atoms. The van der Waals surface area contributed by atoms with Crippen LogP contribution in [-0.2, 0) is 0 Å². The van der Waals surface area contributed by atoms with Gasteiger partial charge in [0.05, 0.1) is 12.2 Å². The molecule has 0 fully saturated rings. The molecule has 31 heavy (non-hydrogen) atoms. The van der Waals surface area contributed by atoms with Crippen molar-refractivity contribution in [3.8, 4) is 0 Å². The summed E-state index contributed by atoms with van der Waals surface area (Å²) in [5, 5.41) is 23.5. The fraction of sp³-hybridized carbons (Fsp3) is 1.00. The lowest BCUT2D eigenvalue weighted by molar-refractivity contribution is 0.132. The van der Waals surface area contributed by atoms with Crippen LogP contribution in [-0.4, -0.2) is 35.5 Å². The third-order valence-corrected chi connectivity index (χ3v) is 6.54. The van der Waals surface area contributed by atoms with Gasteiger partial charge in [-0.05, 0) is 12.8 Å². The second-order valence-corrected chi connectivity index (χ2v) is 9.91. The van der Waals surface area contributed by atoms with Crippen molar-refractivity contribution in [1.29, 1.82) is 0 Å². The number of hydrogen-bond acceptors (Lipinski definition) is 3. The summed E-state index contributed by atoms with van der Waals surface area (Å²) in [5.41, 5.74) is 0. The SMILES string of the molecule is CCCCCCCCCCCCC(O)CNCC(O)CCCCCCCCCCCC. The van der Waals surface area contributed by atoms with Crippen molar-refractivity contribution in [3.63, 3.8) is 0 Å². The Labute approximate surface area is 196 Å². The third-order valence-electron chi connectivity index (χ3n) is 6.54. The van der Waals surface area contributed by atoms with Crippen LogP contribution >= 0.6 is 0 Å². The molecule has 3 heteroatoms. The Morgan fingerprint density at radius 3 is 0.968 bits per heavy atom. The second-order valence-electron chi connectivity index (χ2n) is 9.91. The van der Waals surface area contributed by atoms with Crippen LogP contribution < -0.4 is 5.32 Å². The molecule has 3 N–H and O–H groups in total. The van der Waals surface area contributed by atoms with Crippen molar-refractivity contribution in [2.45, 2.75) is 167 Å². The molecule has 2 atom stereocenters. The van der Waals surface area contributed by atoms with Gasteiger partial charge < -0.3 is 15.5 Å². The highest BCUT2D eigenvalue weighted by Gasteiger charge is 2.07. The van der Waals surface area contributed by atoms with Crippen LogP contribution in [0.1, 0.15) is 155 Å². The van der Waals surface area contributed by atoms with Gasteiger partial charge in [0, 0.05) is 13.1 Å². The number of aliphatic hydroxyl groups excluding tert-OH is 2. The molecule has 0 aliphatic rings. The molecule has 3 nitrogen and oxygen atoms in total. The maximum Gasteiger partial charge on any atom is 0.0664 e. The van der Waals surface area contributed by atoms with Crippen LogP contribution in [0.5, 0.6) is 0 Å². The smallest absolute Gasteiger partial charge is 0.0664 e. The van der Waals surface area contributed by atoms with Gasteiger partial charge in [0.25, 0.3) is 0 Å². The maximum atomic E-state index is 10.1. The van der Waals surface area contributed by atoms with Gasteiger partial charge >= 0.3 is 0 Å². The topological polar surface area (TPSA) is 52.5 Å². The minimum Gasteiger partial charge on any atom is -0.392 e. The lowest BCUT2D eigenvalue weighted by atomic mass is 10.0. The van der Waals surface area contributed by atoms with E-state index in [-0.39, 0.29) is 12.2 Å². The highest BCUT2D eigenvalue weighted by molar-refractivity contribution is 4.64. The predicted octanol–water partition coefficient (Wildman–Crippen LogP) is 7.92. The van der Waals surface area contributed by atoms with E-state index in [9.17, 15) is 10.2 Å². The predicted molar refractivity (Wildman–Crippen MR) is 138 cm³/mol. The van der Waals surface area contributed by atoms with Crippen LogP contribution in [0.3, 0.4) is 0 Å². The molecule has 0 aliphatic carbocycles. The van der Waals surface area contributed by atoms with Gasteiger partial charge in [-0.25, -0.2) is 0 Å². The summed E-state index contributed by atoms with van der Waals surface area (Å²) in [7, 11) is 0. The third kappa shape index (κ3) is 26.0. The Bertz CT molecular complexity index is 294. The van der Waals surface area contributed by atoms with Crippen LogP contribution in [0.25, 0.3) is 0 Å². The minimum atomic E-state index is -0.265. The molecule has 0 aromatic carbocycles. The molecule has 188 valence electrons.